The number of carboxylic acid groups (broad SMARTS) is 1. The number of carbonyl (C=O) groups is 1. The van der Waals surface area contributed by atoms with Gasteiger partial charge in [0.05, 0.1) is 26.3 Å². The van der Waals surface area contributed by atoms with Crippen molar-refractivity contribution in [2.45, 2.75) is 6.42 Å². The Morgan fingerprint density at radius 2 is 2.07 bits per heavy atom. The zero-order valence-electron chi connectivity index (χ0n) is 8.93. The molecule has 1 aliphatic rings. The Kier molecular flexibility index (Phi) is 2.16. The molecule has 4 nitrogen and oxygen atoms in total. The van der Waals surface area contributed by atoms with E-state index in [1.54, 1.807) is 14.1 Å². The second-order valence-electron chi connectivity index (χ2n) is 4.16. The van der Waals surface area contributed by atoms with Crippen LogP contribution in [0.25, 0.3) is 0 Å². The fourth-order valence-electron chi connectivity index (χ4n) is 1.94. The molecule has 0 aliphatic carbocycles. The van der Waals surface area contributed by atoms with Gasteiger partial charge in [0, 0.05) is 0 Å². The standard InChI is InChI=1S/C11H14N2O2/c1-13(2,11(14)15)12-8-7-9-5-3-4-6-10(9)12/h3-6H,7-8H2,1-2H3. The van der Waals surface area contributed by atoms with E-state index in [0.717, 1.165) is 18.7 Å². The van der Waals surface area contributed by atoms with Gasteiger partial charge in [-0.25, -0.2) is 5.01 Å². The molecule has 2 rings (SSSR count). The lowest BCUT2D eigenvalue weighted by atomic mass is 10.2. The zero-order chi connectivity index (χ0) is 11.1. The van der Waals surface area contributed by atoms with E-state index in [0.29, 0.717) is 0 Å². The lowest BCUT2D eigenvalue weighted by molar-refractivity contribution is -0.846. The maximum Gasteiger partial charge on any atom is 0.283 e. The number of amides is 1. The Labute approximate surface area is 88.9 Å². The highest BCUT2D eigenvalue weighted by Crippen LogP contribution is 2.30. The second kappa shape index (κ2) is 3.24. The van der Waals surface area contributed by atoms with Crippen molar-refractivity contribution in [3.8, 4) is 0 Å². The van der Waals surface area contributed by atoms with E-state index in [-0.39, 0.29) is 4.59 Å². The number of fused-ring (bicyclic) bond motifs is 1. The highest BCUT2D eigenvalue weighted by molar-refractivity contribution is 5.61. The predicted octanol–water partition coefficient (Wildman–Crippen LogP) is 0.384. The van der Waals surface area contributed by atoms with Crippen LogP contribution < -0.4 is 10.1 Å². The average molecular weight is 206 g/mol. The van der Waals surface area contributed by atoms with Crippen molar-refractivity contribution >= 4 is 11.8 Å². The molecule has 0 spiro atoms. The first-order valence-corrected chi connectivity index (χ1v) is 4.95. The lowest BCUT2D eigenvalue weighted by Gasteiger charge is -2.38. The molecule has 0 atom stereocenters. The summed E-state index contributed by atoms with van der Waals surface area (Å²) < 4.78 is -0.253. The molecule has 1 aromatic carbocycles. The Morgan fingerprint density at radius 3 is 2.73 bits per heavy atom. The summed E-state index contributed by atoms with van der Waals surface area (Å²) in [4.78, 5) is 11.0. The molecule has 80 valence electrons. The summed E-state index contributed by atoms with van der Waals surface area (Å²) in [6.45, 7) is 0.723. The van der Waals surface area contributed by atoms with Crippen LogP contribution >= 0.6 is 0 Å². The molecule has 0 aromatic heterocycles. The van der Waals surface area contributed by atoms with E-state index in [1.807, 2.05) is 29.3 Å². The minimum atomic E-state index is -1.09. The van der Waals surface area contributed by atoms with Crippen molar-refractivity contribution in [3.63, 3.8) is 0 Å². The highest BCUT2D eigenvalue weighted by Gasteiger charge is 2.33. The third-order valence-corrected chi connectivity index (χ3v) is 2.91. The van der Waals surface area contributed by atoms with E-state index in [4.69, 9.17) is 0 Å². The summed E-state index contributed by atoms with van der Waals surface area (Å²) in [7, 11) is 3.24. The molecule has 1 amide bonds. The van der Waals surface area contributed by atoms with Crippen molar-refractivity contribution in [2.24, 2.45) is 0 Å². The van der Waals surface area contributed by atoms with Crippen LogP contribution in [0.3, 0.4) is 0 Å². The zero-order valence-corrected chi connectivity index (χ0v) is 8.93. The monoisotopic (exact) mass is 206 g/mol. The Morgan fingerprint density at radius 1 is 1.40 bits per heavy atom. The summed E-state index contributed by atoms with van der Waals surface area (Å²) >= 11 is 0. The first-order valence-electron chi connectivity index (χ1n) is 4.95. The van der Waals surface area contributed by atoms with Gasteiger partial charge >= 0.3 is 0 Å². The van der Waals surface area contributed by atoms with E-state index in [1.165, 1.54) is 5.56 Å². The predicted molar refractivity (Wildman–Crippen MR) is 55.0 cm³/mol. The molecule has 0 bridgehead atoms. The Hall–Kier alpha value is -1.55. The van der Waals surface area contributed by atoms with Crippen molar-refractivity contribution in [3.05, 3.63) is 29.8 Å². The number of rotatable bonds is 1. The third-order valence-electron chi connectivity index (χ3n) is 2.91. The van der Waals surface area contributed by atoms with Gasteiger partial charge in [-0.15, -0.1) is 0 Å². The Balaban J connectivity index is 2.39. The molecule has 0 fully saturated rings. The first-order chi connectivity index (χ1) is 7.03. The van der Waals surface area contributed by atoms with Gasteiger partial charge in [0.1, 0.15) is 0 Å². The fourth-order valence-corrected chi connectivity index (χ4v) is 1.94. The van der Waals surface area contributed by atoms with Crippen molar-refractivity contribution in [1.29, 1.82) is 0 Å². The van der Waals surface area contributed by atoms with Crippen LogP contribution in [0.15, 0.2) is 24.3 Å². The topological polar surface area (TPSA) is 43.4 Å². The number of anilines is 1. The third kappa shape index (κ3) is 1.47. The molecule has 1 aromatic rings. The highest BCUT2D eigenvalue weighted by atomic mass is 16.4. The molecule has 0 saturated carbocycles. The molecule has 4 heteroatoms. The molecule has 15 heavy (non-hydrogen) atoms. The van der Waals surface area contributed by atoms with Gasteiger partial charge in [0.15, 0.2) is 0 Å². The molecule has 1 heterocycles. The quantitative estimate of drug-likeness (QED) is 0.624. The van der Waals surface area contributed by atoms with Gasteiger partial charge in [-0.3, -0.25) is 0 Å². The minimum absolute atomic E-state index is 0.253. The number of nitrogens with zero attached hydrogens (tertiary/aromatic N) is 2. The number of hydrogen-bond acceptors (Lipinski definition) is 3. The maximum absolute atomic E-state index is 11.0. The average Bonchev–Trinajstić information content (AvgIpc) is 2.61. The minimum Gasteiger partial charge on any atom is -0.496 e. The normalized spacial score (nSPS) is 15.2. The second-order valence-corrected chi connectivity index (χ2v) is 4.16. The van der Waals surface area contributed by atoms with Gasteiger partial charge < -0.3 is 9.90 Å². The van der Waals surface area contributed by atoms with Crippen molar-refractivity contribution < 1.29 is 14.5 Å². The molecule has 1 aliphatic heterocycles. The molecule has 0 unspecified atom stereocenters. The summed E-state index contributed by atoms with van der Waals surface area (Å²) in [5.74, 6) is 0. The van der Waals surface area contributed by atoms with Crippen LogP contribution in [0.1, 0.15) is 5.56 Å². The Bertz CT molecular complexity index is 401. The van der Waals surface area contributed by atoms with Crippen LogP contribution in [0.5, 0.6) is 0 Å². The number of carbonyl (C=O) groups excluding carboxylic acids is 1. The van der Waals surface area contributed by atoms with Gasteiger partial charge in [-0.2, -0.15) is 4.59 Å². The first kappa shape index (κ1) is 9.98. The number of para-hydroxylation sites is 1. The summed E-state index contributed by atoms with van der Waals surface area (Å²) in [5.41, 5.74) is 2.19. The van der Waals surface area contributed by atoms with Crippen LogP contribution in [0, 0.1) is 0 Å². The van der Waals surface area contributed by atoms with Gasteiger partial charge in [0.25, 0.3) is 6.09 Å². The van der Waals surface area contributed by atoms with E-state index in [2.05, 4.69) is 0 Å². The largest absolute Gasteiger partial charge is 0.496 e. The van der Waals surface area contributed by atoms with Crippen LogP contribution in [0.4, 0.5) is 10.5 Å². The number of quaternary nitrogens is 1. The van der Waals surface area contributed by atoms with E-state index >= 15 is 0 Å². The van der Waals surface area contributed by atoms with Crippen molar-refractivity contribution in [2.75, 3.05) is 25.6 Å². The molecular weight excluding hydrogens is 192 g/mol. The summed E-state index contributed by atoms with van der Waals surface area (Å²) in [6.07, 6.45) is -0.197. The molecule has 0 N–H and O–H groups in total. The molecule has 0 saturated heterocycles. The number of hydrogen-bond donors (Lipinski definition) is 0. The maximum atomic E-state index is 11.0. The lowest BCUT2D eigenvalue weighted by Crippen LogP contribution is -2.62. The van der Waals surface area contributed by atoms with Gasteiger partial charge in [-0.1, -0.05) is 18.2 Å². The summed E-state index contributed by atoms with van der Waals surface area (Å²) in [6, 6.07) is 7.88. The van der Waals surface area contributed by atoms with E-state index in [9.17, 15) is 9.90 Å². The summed E-state index contributed by atoms with van der Waals surface area (Å²) in [5, 5.41) is 12.9. The number of benzene rings is 1. The molecule has 0 radical (unpaired) electrons. The van der Waals surface area contributed by atoms with Gasteiger partial charge in [-0.05, 0) is 18.1 Å². The van der Waals surface area contributed by atoms with Crippen LogP contribution in [-0.4, -0.2) is 31.3 Å². The van der Waals surface area contributed by atoms with Crippen molar-refractivity contribution in [1.82, 2.24) is 0 Å². The van der Waals surface area contributed by atoms with Crippen LogP contribution in [-0.2, 0) is 6.42 Å². The smallest absolute Gasteiger partial charge is 0.283 e. The fraction of sp³-hybridized carbons (Fsp3) is 0.364. The van der Waals surface area contributed by atoms with E-state index < -0.39 is 6.09 Å². The SMILES string of the molecule is C[N+](C)(C(=O)[O-])N1CCc2ccccc21. The van der Waals surface area contributed by atoms with Gasteiger partial charge in [0.2, 0.25) is 0 Å². The molecular formula is C11H14N2O2. The van der Waals surface area contributed by atoms with Crippen LogP contribution in [0.2, 0.25) is 0 Å².